The number of carbonyl (C=O) groups is 3. The van der Waals surface area contributed by atoms with E-state index in [4.69, 9.17) is 23.7 Å². The van der Waals surface area contributed by atoms with Crippen molar-refractivity contribution in [3.05, 3.63) is 127 Å². The summed E-state index contributed by atoms with van der Waals surface area (Å²) in [4.78, 5) is 33.1. The van der Waals surface area contributed by atoms with E-state index in [0.717, 1.165) is 60.9 Å². The Bertz CT molecular complexity index is 1460. The lowest BCUT2D eigenvalue weighted by atomic mass is 10.1. The van der Waals surface area contributed by atoms with Gasteiger partial charge in [-0.15, -0.1) is 0 Å². The van der Waals surface area contributed by atoms with Crippen molar-refractivity contribution in [3.8, 4) is 17.2 Å². The first-order chi connectivity index (χ1) is 24.7. The molecule has 0 atom stereocenters. The molecule has 0 bridgehead atoms. The number of aryl methyl sites for hydroxylation is 2. The second-order valence-electron chi connectivity index (χ2n) is 11.6. The van der Waals surface area contributed by atoms with Crippen molar-refractivity contribution in [1.82, 2.24) is 0 Å². The fraction of sp³-hybridized carbons (Fsp3) is 0.372. The maximum Gasteiger partial charge on any atom is 0.343 e. The Morgan fingerprint density at radius 1 is 0.706 bits per heavy atom. The molecule has 0 aromatic heterocycles. The Hall–Kier alpha value is -5.11. The van der Waals surface area contributed by atoms with Crippen LogP contribution in [0, 0.1) is 13.8 Å². The molecule has 8 heteroatoms. The highest BCUT2D eigenvalue weighted by Gasteiger charge is 2.09. The van der Waals surface area contributed by atoms with Gasteiger partial charge in [-0.2, -0.15) is 0 Å². The molecule has 0 spiro atoms. The molecule has 3 aromatic carbocycles. The molecule has 276 valence electrons. The van der Waals surface area contributed by atoms with Gasteiger partial charge < -0.3 is 23.7 Å². The van der Waals surface area contributed by atoms with Crippen LogP contribution < -0.4 is 14.2 Å². The van der Waals surface area contributed by atoms with Gasteiger partial charge in [-0.1, -0.05) is 82.9 Å². The van der Waals surface area contributed by atoms with Crippen LogP contribution in [-0.2, 0) is 14.3 Å². The zero-order valence-corrected chi connectivity index (χ0v) is 31.0. The predicted molar refractivity (Wildman–Crippen MR) is 205 cm³/mol. The molecule has 0 aliphatic rings. The average molecular weight is 701 g/mol. The van der Waals surface area contributed by atoms with Gasteiger partial charge in [0.05, 0.1) is 32.5 Å². The van der Waals surface area contributed by atoms with E-state index in [1.165, 1.54) is 38.5 Å². The van der Waals surface area contributed by atoms with Crippen molar-refractivity contribution < 1.29 is 38.1 Å². The zero-order chi connectivity index (χ0) is 37.7. The summed E-state index contributed by atoms with van der Waals surface area (Å²) >= 11 is 0. The fourth-order valence-corrected chi connectivity index (χ4v) is 4.36. The Morgan fingerprint density at radius 3 is 1.88 bits per heavy atom. The third kappa shape index (κ3) is 20.9. The van der Waals surface area contributed by atoms with E-state index in [2.05, 4.69) is 26.7 Å². The topological polar surface area (TPSA) is 97.4 Å². The minimum atomic E-state index is -0.402. The molecule has 51 heavy (non-hydrogen) atoms. The van der Waals surface area contributed by atoms with Gasteiger partial charge in [0.25, 0.3) is 0 Å². The quantitative estimate of drug-likeness (QED) is 0.0206. The molecule has 0 saturated heterocycles. The number of rotatable bonds is 21. The Balaban J connectivity index is 0.000000388. The molecule has 0 aliphatic carbocycles. The predicted octanol–water partition coefficient (Wildman–Crippen LogP) is 10.4. The van der Waals surface area contributed by atoms with Crippen LogP contribution in [0.3, 0.4) is 0 Å². The molecule has 0 saturated carbocycles. The van der Waals surface area contributed by atoms with Gasteiger partial charge in [0, 0.05) is 11.6 Å². The zero-order valence-electron chi connectivity index (χ0n) is 31.0. The third-order valence-corrected chi connectivity index (χ3v) is 7.36. The van der Waals surface area contributed by atoms with Gasteiger partial charge in [0.1, 0.15) is 29.3 Å². The van der Waals surface area contributed by atoms with Crippen molar-refractivity contribution in [1.29, 1.82) is 0 Å². The number of hydrogen-bond acceptors (Lipinski definition) is 8. The maximum atomic E-state index is 11.9. The standard InChI is InChI=1S/C16H16O3.C14H16O4.C13H24O/c1-11-4-6-13(7-5-11)16(17)19-14-8-9-15(18-3)12(2)10-14;1-2-14(16)18-10-4-3-9-17-13-7-5-12(11-15)6-8-13;1-4-6-7-8-9-10-11-12-14-13(3)5-2/h4-10H,1-3H3;2,5-8,11H,1,3-4,9-10H2;5H,2-4,6-12H2,1H3. The lowest BCUT2D eigenvalue weighted by molar-refractivity contribution is -0.137. The van der Waals surface area contributed by atoms with Crippen molar-refractivity contribution in [2.24, 2.45) is 0 Å². The lowest BCUT2D eigenvalue weighted by Crippen LogP contribution is -2.08. The number of carbonyl (C=O) groups excluding carboxylic acids is 3. The summed E-state index contributed by atoms with van der Waals surface area (Å²) in [7, 11) is 1.61. The van der Waals surface area contributed by atoms with Crippen molar-refractivity contribution in [2.75, 3.05) is 26.9 Å². The van der Waals surface area contributed by atoms with Crippen LogP contribution in [0.4, 0.5) is 0 Å². The summed E-state index contributed by atoms with van der Waals surface area (Å²) < 4.78 is 26.1. The van der Waals surface area contributed by atoms with Crippen LogP contribution in [0.5, 0.6) is 17.2 Å². The molecule has 0 N–H and O–H groups in total. The van der Waals surface area contributed by atoms with Gasteiger partial charge >= 0.3 is 11.9 Å². The highest BCUT2D eigenvalue weighted by molar-refractivity contribution is 5.91. The molecule has 3 aromatic rings. The number of unbranched alkanes of at least 4 members (excludes halogenated alkanes) is 7. The van der Waals surface area contributed by atoms with E-state index in [0.29, 0.717) is 35.8 Å². The first kappa shape index (κ1) is 43.9. The highest BCUT2D eigenvalue weighted by Crippen LogP contribution is 2.23. The molecule has 0 heterocycles. The fourth-order valence-electron chi connectivity index (χ4n) is 4.36. The summed E-state index contributed by atoms with van der Waals surface area (Å²) in [6.07, 6.45) is 14.3. The van der Waals surface area contributed by atoms with Crippen molar-refractivity contribution >= 4 is 18.2 Å². The number of hydrogen-bond donors (Lipinski definition) is 0. The normalized spacial score (nSPS) is 9.80. The van der Waals surface area contributed by atoms with E-state index in [1.807, 2.05) is 26.0 Å². The number of benzene rings is 3. The smallest absolute Gasteiger partial charge is 0.343 e. The van der Waals surface area contributed by atoms with Crippen LogP contribution in [-0.4, -0.2) is 45.2 Å². The van der Waals surface area contributed by atoms with Crippen LogP contribution in [0.1, 0.15) is 96.6 Å². The second-order valence-corrected chi connectivity index (χ2v) is 11.6. The number of methoxy groups -OCH3 is 1. The second kappa shape index (κ2) is 27.7. The Morgan fingerprint density at radius 2 is 1.29 bits per heavy atom. The van der Waals surface area contributed by atoms with Gasteiger partial charge in [0.15, 0.2) is 0 Å². The SMILES string of the molecule is C=CC(=C)OCCCCCCCCC.C=CC(=O)OCCCCOc1ccc(C=O)cc1.COc1ccc(OC(=O)c2ccc(C)cc2)cc1C. The molecule has 0 radical (unpaired) electrons. The van der Waals surface area contributed by atoms with Gasteiger partial charge in [-0.3, -0.25) is 4.79 Å². The first-order valence-corrected chi connectivity index (χ1v) is 17.5. The lowest BCUT2D eigenvalue weighted by Gasteiger charge is -2.08. The van der Waals surface area contributed by atoms with E-state index < -0.39 is 5.97 Å². The van der Waals surface area contributed by atoms with E-state index in [1.54, 1.807) is 67.8 Å². The summed E-state index contributed by atoms with van der Waals surface area (Å²) in [6, 6.07) is 19.5. The van der Waals surface area contributed by atoms with E-state index in [-0.39, 0.29) is 5.97 Å². The van der Waals surface area contributed by atoms with Gasteiger partial charge in [-0.05, 0) is 99.3 Å². The Labute approximate surface area is 305 Å². The van der Waals surface area contributed by atoms with Crippen LogP contribution in [0.25, 0.3) is 0 Å². The number of allylic oxidation sites excluding steroid dienone is 1. The average Bonchev–Trinajstić information content (AvgIpc) is 3.15. The minimum absolute atomic E-state index is 0.357. The molecule has 8 nitrogen and oxygen atoms in total. The highest BCUT2D eigenvalue weighted by atomic mass is 16.5. The minimum Gasteiger partial charge on any atom is -0.496 e. The number of aldehydes is 1. The molecule has 3 rings (SSSR count). The van der Waals surface area contributed by atoms with Crippen LogP contribution in [0.2, 0.25) is 0 Å². The first-order valence-electron chi connectivity index (χ1n) is 17.5. The molecule has 0 fully saturated rings. The third-order valence-electron chi connectivity index (χ3n) is 7.36. The van der Waals surface area contributed by atoms with Crippen molar-refractivity contribution in [2.45, 2.75) is 78.6 Å². The summed E-state index contributed by atoms with van der Waals surface area (Å²) in [5.41, 5.74) is 3.20. The molecular weight excluding hydrogens is 644 g/mol. The number of ether oxygens (including phenoxy) is 5. The number of esters is 2. The molecular formula is C43H56O8. The van der Waals surface area contributed by atoms with Crippen LogP contribution >= 0.6 is 0 Å². The molecule has 0 aliphatic heterocycles. The largest absolute Gasteiger partial charge is 0.496 e. The van der Waals surface area contributed by atoms with Gasteiger partial charge in [0.2, 0.25) is 0 Å². The van der Waals surface area contributed by atoms with Crippen molar-refractivity contribution in [3.63, 3.8) is 0 Å². The molecule has 0 unspecified atom stereocenters. The summed E-state index contributed by atoms with van der Waals surface area (Å²) in [6.45, 7) is 18.4. The molecule has 0 amide bonds. The summed E-state index contributed by atoms with van der Waals surface area (Å²) in [5, 5.41) is 0. The maximum absolute atomic E-state index is 11.9. The van der Waals surface area contributed by atoms with Crippen LogP contribution in [0.15, 0.2) is 104 Å². The van der Waals surface area contributed by atoms with E-state index >= 15 is 0 Å². The van der Waals surface area contributed by atoms with E-state index in [9.17, 15) is 14.4 Å². The van der Waals surface area contributed by atoms with Gasteiger partial charge in [-0.25, -0.2) is 9.59 Å². The Kier molecular flexibility index (Phi) is 23.8. The summed E-state index contributed by atoms with van der Waals surface area (Å²) in [5.74, 6) is 1.95. The monoisotopic (exact) mass is 700 g/mol.